The van der Waals surface area contributed by atoms with E-state index < -0.39 is 0 Å². The second-order valence-corrected chi connectivity index (χ2v) is 5.57. The maximum Gasteiger partial charge on any atom is 0.123 e. The van der Waals surface area contributed by atoms with E-state index in [9.17, 15) is 0 Å². The third-order valence-corrected chi connectivity index (χ3v) is 3.96. The van der Waals surface area contributed by atoms with Crippen molar-refractivity contribution in [3.05, 3.63) is 53.5 Å². The molecule has 0 saturated heterocycles. The number of methoxy groups -OCH3 is 1. The predicted molar refractivity (Wildman–Crippen MR) is 81.9 cm³/mol. The highest BCUT2D eigenvalue weighted by Crippen LogP contribution is 2.32. The Kier molecular flexibility index (Phi) is 4.27. The lowest BCUT2D eigenvalue weighted by molar-refractivity contribution is 0.222. The van der Waals surface area contributed by atoms with Gasteiger partial charge in [0.2, 0.25) is 0 Å². The average Bonchev–Trinajstić information content (AvgIpc) is 3.24. The molecule has 112 valence electrons. The van der Waals surface area contributed by atoms with Crippen LogP contribution in [0.15, 0.2) is 41.0 Å². The Labute approximate surface area is 125 Å². The van der Waals surface area contributed by atoms with Gasteiger partial charge in [0.25, 0.3) is 0 Å². The molecule has 1 saturated carbocycles. The highest BCUT2D eigenvalue weighted by molar-refractivity contribution is 5.37. The summed E-state index contributed by atoms with van der Waals surface area (Å²) >= 11 is 0. The molecule has 1 aliphatic rings. The third-order valence-electron chi connectivity index (χ3n) is 3.96. The summed E-state index contributed by atoms with van der Waals surface area (Å²) < 4.78 is 11.0. The Hall–Kier alpha value is -1.78. The van der Waals surface area contributed by atoms with E-state index in [1.54, 1.807) is 13.4 Å². The summed E-state index contributed by atoms with van der Waals surface area (Å²) in [5, 5.41) is 0. The second kappa shape index (κ2) is 6.33. The number of nitrogens with two attached hydrogens (primary N) is 1. The first-order valence-corrected chi connectivity index (χ1v) is 7.42. The third kappa shape index (κ3) is 3.46. The van der Waals surface area contributed by atoms with E-state index in [0.717, 1.165) is 30.2 Å². The van der Waals surface area contributed by atoms with Crippen molar-refractivity contribution in [1.29, 1.82) is 0 Å². The van der Waals surface area contributed by atoms with Gasteiger partial charge in [-0.25, -0.2) is 0 Å². The lowest BCUT2D eigenvalue weighted by Gasteiger charge is -2.22. The van der Waals surface area contributed by atoms with Gasteiger partial charge >= 0.3 is 0 Å². The van der Waals surface area contributed by atoms with Crippen LogP contribution in [0.25, 0.3) is 0 Å². The van der Waals surface area contributed by atoms with Gasteiger partial charge in [-0.15, -0.1) is 0 Å². The van der Waals surface area contributed by atoms with Crippen molar-refractivity contribution in [3.63, 3.8) is 0 Å². The molecule has 21 heavy (non-hydrogen) atoms. The van der Waals surface area contributed by atoms with Crippen molar-refractivity contribution in [2.75, 3.05) is 7.11 Å². The van der Waals surface area contributed by atoms with Crippen molar-refractivity contribution in [1.82, 2.24) is 4.90 Å². The fourth-order valence-corrected chi connectivity index (χ4v) is 2.66. The SMILES string of the molecule is COc1ccc(CN)cc1CN(Cc1ccco1)C1CC1. The summed E-state index contributed by atoms with van der Waals surface area (Å²) in [6.07, 6.45) is 4.26. The minimum absolute atomic E-state index is 0.554. The maximum atomic E-state index is 5.75. The second-order valence-electron chi connectivity index (χ2n) is 5.57. The molecule has 1 fully saturated rings. The zero-order valence-corrected chi connectivity index (χ0v) is 12.4. The zero-order valence-electron chi connectivity index (χ0n) is 12.4. The molecule has 4 heteroatoms. The van der Waals surface area contributed by atoms with E-state index in [1.165, 1.54) is 18.4 Å². The molecule has 0 aliphatic heterocycles. The molecule has 3 rings (SSSR count). The Bertz CT molecular complexity index is 576. The first kappa shape index (κ1) is 14.2. The summed E-state index contributed by atoms with van der Waals surface area (Å²) in [5.74, 6) is 1.94. The molecular formula is C17H22N2O2. The van der Waals surface area contributed by atoms with E-state index in [4.69, 9.17) is 14.9 Å². The molecule has 0 spiro atoms. The van der Waals surface area contributed by atoms with Crippen LogP contribution in [-0.4, -0.2) is 18.1 Å². The Morgan fingerprint density at radius 2 is 2.14 bits per heavy atom. The summed E-state index contributed by atoms with van der Waals surface area (Å²) in [4.78, 5) is 2.46. The van der Waals surface area contributed by atoms with E-state index in [-0.39, 0.29) is 0 Å². The zero-order chi connectivity index (χ0) is 14.7. The summed E-state index contributed by atoms with van der Waals surface area (Å²) in [6, 6.07) is 10.8. The number of furan rings is 1. The van der Waals surface area contributed by atoms with Gasteiger partial charge < -0.3 is 14.9 Å². The van der Waals surface area contributed by atoms with Crippen LogP contribution >= 0.6 is 0 Å². The van der Waals surface area contributed by atoms with Gasteiger partial charge in [-0.3, -0.25) is 4.90 Å². The quantitative estimate of drug-likeness (QED) is 0.850. The number of rotatable bonds is 7. The predicted octanol–water partition coefficient (Wildman–Crippen LogP) is 2.91. The van der Waals surface area contributed by atoms with Gasteiger partial charge in [0, 0.05) is 24.7 Å². The average molecular weight is 286 g/mol. The minimum atomic E-state index is 0.554. The highest BCUT2D eigenvalue weighted by Gasteiger charge is 2.30. The van der Waals surface area contributed by atoms with E-state index in [2.05, 4.69) is 11.0 Å². The largest absolute Gasteiger partial charge is 0.496 e. The van der Waals surface area contributed by atoms with Gasteiger partial charge in [0.05, 0.1) is 19.9 Å². The van der Waals surface area contributed by atoms with Crippen LogP contribution in [0.3, 0.4) is 0 Å². The molecule has 1 aliphatic carbocycles. The Morgan fingerprint density at radius 1 is 1.29 bits per heavy atom. The fourth-order valence-electron chi connectivity index (χ4n) is 2.66. The summed E-state index contributed by atoms with van der Waals surface area (Å²) in [5.41, 5.74) is 8.09. The molecule has 4 nitrogen and oxygen atoms in total. The number of nitrogens with zero attached hydrogens (tertiary/aromatic N) is 1. The first-order chi connectivity index (χ1) is 10.3. The lowest BCUT2D eigenvalue weighted by atomic mass is 10.1. The molecule has 1 aromatic carbocycles. The number of hydrogen-bond donors (Lipinski definition) is 1. The Balaban J connectivity index is 1.78. The topological polar surface area (TPSA) is 51.6 Å². The maximum absolute atomic E-state index is 5.75. The van der Waals surface area contributed by atoms with Crippen LogP contribution in [-0.2, 0) is 19.6 Å². The molecule has 1 heterocycles. The fraction of sp³-hybridized carbons (Fsp3) is 0.412. The molecule has 2 N–H and O–H groups in total. The monoisotopic (exact) mass is 286 g/mol. The van der Waals surface area contributed by atoms with E-state index >= 15 is 0 Å². The van der Waals surface area contributed by atoms with Crippen LogP contribution in [0.5, 0.6) is 5.75 Å². The Morgan fingerprint density at radius 3 is 2.76 bits per heavy atom. The van der Waals surface area contributed by atoms with Crippen molar-refractivity contribution >= 4 is 0 Å². The van der Waals surface area contributed by atoms with Crippen molar-refractivity contribution < 1.29 is 9.15 Å². The lowest BCUT2D eigenvalue weighted by Crippen LogP contribution is -2.25. The minimum Gasteiger partial charge on any atom is -0.496 e. The first-order valence-electron chi connectivity index (χ1n) is 7.42. The molecule has 0 atom stereocenters. The number of hydrogen-bond acceptors (Lipinski definition) is 4. The van der Waals surface area contributed by atoms with Gasteiger partial charge in [-0.05, 0) is 42.7 Å². The standard InChI is InChI=1S/C17H22N2O2/c1-20-17-7-4-13(10-18)9-14(17)11-19(15-5-6-15)12-16-3-2-8-21-16/h2-4,7-9,15H,5-6,10-12,18H2,1H3. The van der Waals surface area contributed by atoms with Crippen LogP contribution in [0.1, 0.15) is 29.7 Å². The normalized spacial score (nSPS) is 14.6. The van der Waals surface area contributed by atoms with Gasteiger partial charge in [-0.1, -0.05) is 6.07 Å². The smallest absolute Gasteiger partial charge is 0.123 e. The summed E-state index contributed by atoms with van der Waals surface area (Å²) in [7, 11) is 1.72. The van der Waals surface area contributed by atoms with Crippen LogP contribution in [0.4, 0.5) is 0 Å². The van der Waals surface area contributed by atoms with E-state index in [1.807, 2.05) is 24.3 Å². The molecule has 1 aromatic heterocycles. The van der Waals surface area contributed by atoms with Gasteiger partial charge in [0.15, 0.2) is 0 Å². The van der Waals surface area contributed by atoms with Crippen molar-refractivity contribution in [2.24, 2.45) is 5.73 Å². The summed E-state index contributed by atoms with van der Waals surface area (Å²) in [6.45, 7) is 2.26. The molecule has 0 amide bonds. The molecule has 2 aromatic rings. The van der Waals surface area contributed by atoms with Crippen LogP contribution in [0.2, 0.25) is 0 Å². The van der Waals surface area contributed by atoms with Crippen molar-refractivity contribution in [2.45, 2.75) is 38.5 Å². The molecule has 0 bridgehead atoms. The molecule has 0 unspecified atom stereocenters. The number of ether oxygens (including phenoxy) is 1. The van der Waals surface area contributed by atoms with Gasteiger partial charge in [-0.2, -0.15) is 0 Å². The number of benzene rings is 1. The van der Waals surface area contributed by atoms with Crippen molar-refractivity contribution in [3.8, 4) is 5.75 Å². The molecular weight excluding hydrogens is 264 g/mol. The van der Waals surface area contributed by atoms with Crippen LogP contribution in [0, 0.1) is 0 Å². The molecule has 0 radical (unpaired) electrons. The van der Waals surface area contributed by atoms with Crippen LogP contribution < -0.4 is 10.5 Å². The van der Waals surface area contributed by atoms with Gasteiger partial charge in [0.1, 0.15) is 11.5 Å². The van der Waals surface area contributed by atoms with E-state index in [0.29, 0.717) is 12.6 Å². The highest BCUT2D eigenvalue weighted by atomic mass is 16.5.